The maximum Gasteiger partial charge on any atom is 0.225 e. The number of aromatic nitrogens is 2. The van der Waals surface area contributed by atoms with E-state index in [2.05, 4.69) is 9.97 Å². The molecule has 16 heavy (non-hydrogen) atoms. The summed E-state index contributed by atoms with van der Waals surface area (Å²) < 4.78 is 15.5. The second-order valence-corrected chi connectivity index (χ2v) is 3.42. The summed E-state index contributed by atoms with van der Waals surface area (Å²) >= 11 is 5.65. The van der Waals surface area contributed by atoms with Gasteiger partial charge in [0.1, 0.15) is 6.61 Å². The molecule has 0 N–H and O–H groups in total. The van der Waals surface area contributed by atoms with Gasteiger partial charge in [-0.15, -0.1) is 0 Å². The van der Waals surface area contributed by atoms with Gasteiger partial charge in [0.15, 0.2) is 0 Å². The van der Waals surface area contributed by atoms with E-state index in [-0.39, 0.29) is 5.28 Å². The van der Waals surface area contributed by atoms with Gasteiger partial charge in [-0.05, 0) is 18.5 Å². The standard InChI is InChI=1S/C10H15ClN2O3/c1-8-7-12-10(11)13-9(8)16-6-5-15-4-3-14-2/h7H,3-6H2,1-2H3. The van der Waals surface area contributed by atoms with E-state index in [1.165, 1.54) is 0 Å². The van der Waals surface area contributed by atoms with Gasteiger partial charge in [-0.25, -0.2) is 4.98 Å². The maximum atomic E-state index is 5.65. The van der Waals surface area contributed by atoms with E-state index < -0.39 is 0 Å². The van der Waals surface area contributed by atoms with Gasteiger partial charge >= 0.3 is 0 Å². The number of methoxy groups -OCH3 is 1. The third kappa shape index (κ3) is 4.74. The average molecular weight is 247 g/mol. The van der Waals surface area contributed by atoms with Crippen molar-refractivity contribution in [2.45, 2.75) is 6.92 Å². The molecule has 5 nitrogen and oxygen atoms in total. The SMILES string of the molecule is COCCOCCOc1nc(Cl)ncc1C. The Morgan fingerprint density at radius 2 is 2.00 bits per heavy atom. The van der Waals surface area contributed by atoms with E-state index in [4.69, 9.17) is 25.8 Å². The highest BCUT2D eigenvalue weighted by molar-refractivity contribution is 6.28. The van der Waals surface area contributed by atoms with E-state index in [1.807, 2.05) is 6.92 Å². The molecule has 0 aliphatic carbocycles. The molecule has 1 rings (SSSR count). The first-order chi connectivity index (χ1) is 7.74. The fraction of sp³-hybridized carbons (Fsp3) is 0.600. The Balaban J connectivity index is 2.23. The van der Waals surface area contributed by atoms with Gasteiger partial charge < -0.3 is 14.2 Å². The second-order valence-electron chi connectivity index (χ2n) is 3.08. The van der Waals surface area contributed by atoms with Crippen LogP contribution in [0.15, 0.2) is 6.20 Å². The Bertz CT molecular complexity index is 323. The summed E-state index contributed by atoms with van der Waals surface area (Å²) in [7, 11) is 1.63. The first-order valence-corrected chi connectivity index (χ1v) is 5.30. The van der Waals surface area contributed by atoms with E-state index in [9.17, 15) is 0 Å². The highest BCUT2D eigenvalue weighted by Crippen LogP contribution is 2.14. The van der Waals surface area contributed by atoms with E-state index in [1.54, 1.807) is 13.3 Å². The molecule has 0 saturated heterocycles. The smallest absolute Gasteiger partial charge is 0.225 e. The Hall–Kier alpha value is -0.910. The fourth-order valence-corrected chi connectivity index (χ4v) is 1.12. The van der Waals surface area contributed by atoms with Crippen molar-refractivity contribution in [2.75, 3.05) is 33.5 Å². The monoisotopic (exact) mass is 246 g/mol. The summed E-state index contributed by atoms with van der Waals surface area (Å²) in [6, 6.07) is 0. The third-order valence-corrected chi connectivity index (χ3v) is 1.98. The number of aryl methyl sites for hydroxylation is 1. The van der Waals surface area contributed by atoms with Crippen LogP contribution in [0.1, 0.15) is 5.56 Å². The molecule has 0 fully saturated rings. The van der Waals surface area contributed by atoms with Crippen molar-refractivity contribution in [3.63, 3.8) is 0 Å². The number of halogens is 1. The van der Waals surface area contributed by atoms with Crippen LogP contribution < -0.4 is 4.74 Å². The van der Waals surface area contributed by atoms with Crippen molar-refractivity contribution >= 4 is 11.6 Å². The molecular formula is C10H15ClN2O3. The summed E-state index contributed by atoms with van der Waals surface area (Å²) in [5, 5.41) is 0.181. The molecule has 0 bridgehead atoms. The van der Waals surface area contributed by atoms with Gasteiger partial charge in [-0.3, -0.25) is 0 Å². The van der Waals surface area contributed by atoms with E-state index in [0.717, 1.165) is 5.56 Å². The zero-order chi connectivity index (χ0) is 11.8. The lowest BCUT2D eigenvalue weighted by Gasteiger charge is -2.08. The van der Waals surface area contributed by atoms with Gasteiger partial charge in [0, 0.05) is 18.9 Å². The summed E-state index contributed by atoms with van der Waals surface area (Å²) in [6.45, 7) is 3.92. The largest absolute Gasteiger partial charge is 0.475 e. The molecule has 0 aromatic carbocycles. The molecule has 0 aliphatic heterocycles. The predicted octanol–water partition coefficient (Wildman–Crippen LogP) is 1.48. The molecule has 0 saturated carbocycles. The van der Waals surface area contributed by atoms with Crippen molar-refractivity contribution < 1.29 is 14.2 Å². The van der Waals surface area contributed by atoms with Crippen LogP contribution in [0.4, 0.5) is 0 Å². The molecule has 6 heteroatoms. The number of nitrogens with zero attached hydrogens (tertiary/aromatic N) is 2. The van der Waals surface area contributed by atoms with Gasteiger partial charge in [0.25, 0.3) is 0 Å². The average Bonchev–Trinajstić information content (AvgIpc) is 2.28. The normalized spacial score (nSPS) is 10.4. The molecule has 0 atom stereocenters. The van der Waals surface area contributed by atoms with Crippen LogP contribution in [0.2, 0.25) is 5.28 Å². The van der Waals surface area contributed by atoms with Gasteiger partial charge in [-0.2, -0.15) is 4.98 Å². The molecule has 90 valence electrons. The molecule has 0 radical (unpaired) electrons. The van der Waals surface area contributed by atoms with Crippen LogP contribution in [0.25, 0.3) is 0 Å². The van der Waals surface area contributed by atoms with Crippen LogP contribution in [0.5, 0.6) is 5.88 Å². The van der Waals surface area contributed by atoms with Crippen molar-refractivity contribution in [1.82, 2.24) is 9.97 Å². The number of rotatable bonds is 7. The summed E-state index contributed by atoms with van der Waals surface area (Å²) in [4.78, 5) is 7.79. The van der Waals surface area contributed by atoms with Gasteiger partial charge in [0.2, 0.25) is 11.2 Å². The van der Waals surface area contributed by atoms with Crippen molar-refractivity contribution in [3.05, 3.63) is 17.0 Å². The number of hydrogen-bond acceptors (Lipinski definition) is 5. The highest BCUT2D eigenvalue weighted by atomic mass is 35.5. The zero-order valence-electron chi connectivity index (χ0n) is 9.40. The predicted molar refractivity (Wildman–Crippen MR) is 60.0 cm³/mol. The molecule has 0 spiro atoms. The summed E-state index contributed by atoms with van der Waals surface area (Å²) in [5.74, 6) is 0.496. The first kappa shape index (κ1) is 13.2. The van der Waals surface area contributed by atoms with Gasteiger partial charge in [-0.1, -0.05) is 0 Å². The minimum absolute atomic E-state index is 0.181. The Kier molecular flexibility index (Phi) is 6.07. The van der Waals surface area contributed by atoms with Crippen molar-refractivity contribution in [2.24, 2.45) is 0 Å². The van der Waals surface area contributed by atoms with Crippen molar-refractivity contribution in [3.8, 4) is 5.88 Å². The molecule has 0 aliphatic rings. The summed E-state index contributed by atoms with van der Waals surface area (Å²) in [6.07, 6.45) is 1.62. The first-order valence-electron chi connectivity index (χ1n) is 4.92. The number of ether oxygens (including phenoxy) is 3. The molecule has 1 heterocycles. The van der Waals surface area contributed by atoms with Crippen LogP contribution >= 0.6 is 11.6 Å². The maximum absolute atomic E-state index is 5.65. The van der Waals surface area contributed by atoms with Crippen molar-refractivity contribution in [1.29, 1.82) is 0 Å². The second kappa shape index (κ2) is 7.38. The molecule has 0 amide bonds. The minimum atomic E-state index is 0.181. The topological polar surface area (TPSA) is 53.5 Å². The Morgan fingerprint density at radius 3 is 2.75 bits per heavy atom. The fourth-order valence-electron chi connectivity index (χ4n) is 0.994. The minimum Gasteiger partial charge on any atom is -0.475 e. The Morgan fingerprint density at radius 1 is 1.25 bits per heavy atom. The third-order valence-electron chi connectivity index (χ3n) is 1.79. The highest BCUT2D eigenvalue weighted by Gasteiger charge is 2.02. The lowest BCUT2D eigenvalue weighted by atomic mass is 10.4. The molecule has 1 aromatic heterocycles. The molecule has 0 unspecified atom stereocenters. The molecular weight excluding hydrogens is 232 g/mol. The van der Waals surface area contributed by atoms with E-state index in [0.29, 0.717) is 32.3 Å². The van der Waals surface area contributed by atoms with Crippen LogP contribution in [-0.2, 0) is 9.47 Å². The van der Waals surface area contributed by atoms with Crippen LogP contribution in [-0.4, -0.2) is 43.5 Å². The Labute approximate surface area is 99.7 Å². The lowest BCUT2D eigenvalue weighted by molar-refractivity contribution is 0.0535. The summed E-state index contributed by atoms with van der Waals surface area (Å²) in [5.41, 5.74) is 0.848. The number of hydrogen-bond donors (Lipinski definition) is 0. The van der Waals surface area contributed by atoms with Crippen LogP contribution in [0.3, 0.4) is 0 Å². The van der Waals surface area contributed by atoms with Crippen LogP contribution in [0, 0.1) is 6.92 Å². The lowest BCUT2D eigenvalue weighted by Crippen LogP contribution is -2.11. The quantitative estimate of drug-likeness (QED) is 0.539. The molecule has 1 aromatic rings. The van der Waals surface area contributed by atoms with E-state index >= 15 is 0 Å². The zero-order valence-corrected chi connectivity index (χ0v) is 10.2. The van der Waals surface area contributed by atoms with Gasteiger partial charge in [0.05, 0.1) is 19.8 Å².